The molecule has 0 spiro atoms. The van der Waals surface area contributed by atoms with Crippen molar-refractivity contribution in [2.24, 2.45) is 0 Å². The van der Waals surface area contributed by atoms with Crippen molar-refractivity contribution >= 4 is 10.8 Å². The molecule has 2 aromatic rings. The number of aliphatic hydroxyl groups is 1. The van der Waals surface area contributed by atoms with Crippen molar-refractivity contribution in [1.82, 2.24) is 5.32 Å². The first-order valence-electron chi connectivity index (χ1n) is 8.75. The van der Waals surface area contributed by atoms with Crippen LogP contribution in [0.3, 0.4) is 0 Å². The van der Waals surface area contributed by atoms with Crippen molar-refractivity contribution in [1.29, 1.82) is 0 Å². The monoisotopic (exact) mass is 293 g/mol. The molecule has 5 rings (SSSR count). The molecule has 2 heteroatoms. The summed E-state index contributed by atoms with van der Waals surface area (Å²) >= 11 is 0. The van der Waals surface area contributed by atoms with Gasteiger partial charge in [-0.25, -0.2) is 0 Å². The maximum atomic E-state index is 11.5. The van der Waals surface area contributed by atoms with E-state index in [1.54, 1.807) is 0 Å². The molecular formula is C20H23NO. The third-order valence-corrected chi connectivity index (χ3v) is 6.12. The number of nitrogens with one attached hydrogen (secondary N) is 1. The van der Waals surface area contributed by atoms with E-state index in [4.69, 9.17) is 0 Å². The first kappa shape index (κ1) is 13.1. The van der Waals surface area contributed by atoms with Crippen LogP contribution in [0.1, 0.15) is 48.8 Å². The minimum atomic E-state index is -0.652. The molecule has 0 saturated carbocycles. The van der Waals surface area contributed by atoms with Gasteiger partial charge in [-0.3, -0.25) is 0 Å². The Kier molecular flexibility index (Phi) is 2.71. The third-order valence-electron chi connectivity index (χ3n) is 6.12. The van der Waals surface area contributed by atoms with Crippen LogP contribution < -0.4 is 5.32 Å². The van der Waals surface area contributed by atoms with E-state index in [1.165, 1.54) is 46.7 Å². The fourth-order valence-electron chi connectivity index (χ4n) is 5.20. The van der Waals surface area contributed by atoms with Crippen molar-refractivity contribution < 1.29 is 5.11 Å². The van der Waals surface area contributed by atoms with Gasteiger partial charge in [-0.1, -0.05) is 36.8 Å². The van der Waals surface area contributed by atoms with E-state index in [0.29, 0.717) is 12.1 Å². The van der Waals surface area contributed by atoms with Gasteiger partial charge in [-0.15, -0.1) is 0 Å². The number of piperidine rings is 2. The van der Waals surface area contributed by atoms with Crippen molar-refractivity contribution in [2.75, 3.05) is 0 Å². The van der Waals surface area contributed by atoms with Crippen LogP contribution in [-0.4, -0.2) is 17.2 Å². The van der Waals surface area contributed by atoms with Gasteiger partial charge >= 0.3 is 0 Å². The summed E-state index contributed by atoms with van der Waals surface area (Å²) in [5, 5.41) is 17.9. The maximum absolute atomic E-state index is 11.5. The van der Waals surface area contributed by atoms with Gasteiger partial charge in [0.25, 0.3) is 0 Å². The highest BCUT2D eigenvalue weighted by Crippen LogP contribution is 2.44. The lowest BCUT2D eigenvalue weighted by Crippen LogP contribution is -2.54. The zero-order valence-corrected chi connectivity index (χ0v) is 12.9. The predicted octanol–water partition coefficient (Wildman–Crippen LogP) is 3.43. The van der Waals surface area contributed by atoms with E-state index in [9.17, 15) is 5.11 Å². The standard InChI is InChI=1S/C20H23NO/c22-20(11-15-4-2-5-16(12-20)21-15)18-10-9-14-8-7-13-3-1-6-17(18)19(13)14/h1,3,6,9-10,15-16,21-22H,2,4-5,7-8,11-12H2. The van der Waals surface area contributed by atoms with Gasteiger partial charge in [0.1, 0.15) is 0 Å². The molecule has 2 aliphatic heterocycles. The molecule has 3 aliphatic rings. The highest BCUT2D eigenvalue weighted by atomic mass is 16.3. The smallest absolute Gasteiger partial charge is 0.0932 e. The molecule has 2 nitrogen and oxygen atoms in total. The molecule has 1 aliphatic carbocycles. The lowest BCUT2D eigenvalue weighted by Gasteiger charge is -2.46. The largest absolute Gasteiger partial charge is 0.385 e. The highest BCUT2D eigenvalue weighted by molar-refractivity contribution is 5.93. The van der Waals surface area contributed by atoms with Gasteiger partial charge in [0.15, 0.2) is 0 Å². The van der Waals surface area contributed by atoms with E-state index in [0.717, 1.165) is 25.7 Å². The number of hydrogen-bond donors (Lipinski definition) is 2. The Morgan fingerprint density at radius 3 is 2.45 bits per heavy atom. The van der Waals surface area contributed by atoms with Gasteiger partial charge in [-0.05, 0) is 66.0 Å². The molecule has 2 heterocycles. The molecule has 2 atom stereocenters. The number of rotatable bonds is 1. The molecular weight excluding hydrogens is 270 g/mol. The zero-order chi connectivity index (χ0) is 14.7. The van der Waals surface area contributed by atoms with E-state index >= 15 is 0 Å². The SMILES string of the molecule is OC1(c2ccc3c4c(cccc24)CC3)CC2CCCC(C1)N2. The van der Waals surface area contributed by atoms with Crippen LogP contribution in [-0.2, 0) is 18.4 Å². The normalized spacial score (nSPS) is 33.3. The minimum absolute atomic E-state index is 0.487. The fourth-order valence-corrected chi connectivity index (χ4v) is 5.20. The molecule has 2 fully saturated rings. The average Bonchev–Trinajstić information content (AvgIpc) is 2.92. The molecule has 2 N–H and O–H groups in total. The summed E-state index contributed by atoms with van der Waals surface area (Å²) in [7, 11) is 0. The van der Waals surface area contributed by atoms with E-state index in [-0.39, 0.29) is 0 Å². The molecule has 2 aromatic carbocycles. The lowest BCUT2D eigenvalue weighted by molar-refractivity contribution is -0.0347. The molecule has 114 valence electrons. The summed E-state index contributed by atoms with van der Waals surface area (Å²) in [5.41, 5.74) is 3.45. The Morgan fingerprint density at radius 1 is 0.955 bits per heavy atom. The van der Waals surface area contributed by atoms with Gasteiger partial charge in [0.2, 0.25) is 0 Å². The van der Waals surface area contributed by atoms with Gasteiger partial charge in [-0.2, -0.15) is 0 Å². The second-order valence-corrected chi connectivity index (χ2v) is 7.54. The van der Waals surface area contributed by atoms with E-state index in [2.05, 4.69) is 35.6 Å². The summed E-state index contributed by atoms with van der Waals surface area (Å²) in [4.78, 5) is 0. The summed E-state index contributed by atoms with van der Waals surface area (Å²) in [5.74, 6) is 0. The molecule has 0 aromatic heterocycles. The Labute approximate surface area is 131 Å². The van der Waals surface area contributed by atoms with Crippen molar-refractivity contribution in [3.05, 3.63) is 47.0 Å². The van der Waals surface area contributed by atoms with Crippen LogP contribution in [0.5, 0.6) is 0 Å². The molecule has 2 unspecified atom stereocenters. The topological polar surface area (TPSA) is 32.3 Å². The Balaban J connectivity index is 1.68. The van der Waals surface area contributed by atoms with Crippen LogP contribution in [0.2, 0.25) is 0 Å². The minimum Gasteiger partial charge on any atom is -0.385 e. The summed E-state index contributed by atoms with van der Waals surface area (Å²) in [6.07, 6.45) is 7.76. The molecule has 22 heavy (non-hydrogen) atoms. The quantitative estimate of drug-likeness (QED) is 0.844. The van der Waals surface area contributed by atoms with Gasteiger partial charge < -0.3 is 10.4 Å². The number of aryl methyl sites for hydroxylation is 2. The Morgan fingerprint density at radius 2 is 1.68 bits per heavy atom. The molecule has 0 radical (unpaired) electrons. The lowest BCUT2D eigenvalue weighted by atomic mass is 9.72. The summed E-state index contributed by atoms with van der Waals surface area (Å²) < 4.78 is 0. The Hall–Kier alpha value is -1.38. The average molecular weight is 293 g/mol. The van der Waals surface area contributed by atoms with Crippen LogP contribution in [0.25, 0.3) is 10.8 Å². The van der Waals surface area contributed by atoms with E-state index < -0.39 is 5.60 Å². The van der Waals surface area contributed by atoms with Gasteiger partial charge in [0.05, 0.1) is 5.60 Å². The van der Waals surface area contributed by atoms with Crippen LogP contribution >= 0.6 is 0 Å². The summed E-state index contributed by atoms with van der Waals surface area (Å²) in [6, 6.07) is 12.1. The Bertz CT molecular complexity index is 728. The van der Waals surface area contributed by atoms with Crippen LogP contribution in [0.4, 0.5) is 0 Å². The van der Waals surface area contributed by atoms with Crippen molar-refractivity contribution in [3.63, 3.8) is 0 Å². The fraction of sp³-hybridized carbons (Fsp3) is 0.500. The third kappa shape index (κ3) is 1.80. The van der Waals surface area contributed by atoms with E-state index in [1.807, 2.05) is 0 Å². The molecule has 2 bridgehead atoms. The van der Waals surface area contributed by atoms with Gasteiger partial charge in [0, 0.05) is 12.1 Å². The first-order chi connectivity index (χ1) is 10.7. The van der Waals surface area contributed by atoms with Crippen LogP contribution in [0, 0.1) is 0 Å². The predicted molar refractivity (Wildman–Crippen MR) is 89.0 cm³/mol. The number of hydrogen-bond acceptors (Lipinski definition) is 2. The molecule has 0 amide bonds. The maximum Gasteiger partial charge on any atom is 0.0932 e. The second-order valence-electron chi connectivity index (χ2n) is 7.54. The van der Waals surface area contributed by atoms with Crippen molar-refractivity contribution in [3.8, 4) is 0 Å². The number of benzene rings is 2. The zero-order valence-electron chi connectivity index (χ0n) is 12.9. The summed E-state index contributed by atoms with van der Waals surface area (Å²) in [6.45, 7) is 0. The van der Waals surface area contributed by atoms with Crippen LogP contribution in [0.15, 0.2) is 30.3 Å². The number of fused-ring (bicyclic) bond motifs is 2. The first-order valence-corrected chi connectivity index (χ1v) is 8.75. The highest BCUT2D eigenvalue weighted by Gasteiger charge is 2.42. The molecule has 2 saturated heterocycles. The van der Waals surface area contributed by atoms with Crippen molar-refractivity contribution in [2.45, 2.75) is 62.6 Å². The second kappa shape index (κ2) is 4.56.